The number of halogens is 1. The fourth-order valence-electron chi connectivity index (χ4n) is 1.53. The molecule has 0 fully saturated rings. The molecule has 1 aromatic rings. The number of hydrogen-bond acceptors (Lipinski definition) is 1. The monoisotopic (exact) mass is 269 g/mol. The van der Waals surface area contributed by atoms with Gasteiger partial charge in [-0.1, -0.05) is 34.1 Å². The van der Waals surface area contributed by atoms with Crippen molar-refractivity contribution >= 4 is 27.5 Å². The lowest BCUT2D eigenvalue weighted by Crippen LogP contribution is -2.35. The summed E-state index contributed by atoms with van der Waals surface area (Å²) in [5.74, 6) is 0.104. The maximum atomic E-state index is 11.9. The summed E-state index contributed by atoms with van der Waals surface area (Å²) in [4.78, 5) is 13.6. The third-order valence-corrected chi connectivity index (χ3v) is 2.72. The molecule has 0 saturated heterocycles. The van der Waals surface area contributed by atoms with E-state index in [-0.39, 0.29) is 10.7 Å². The maximum Gasteiger partial charge on any atom is 0.240 e. The largest absolute Gasteiger partial charge is 0.311 e. The van der Waals surface area contributed by atoms with Crippen molar-refractivity contribution in [1.82, 2.24) is 0 Å². The number of aryl methyl sites for hydroxylation is 1. The zero-order valence-electron chi connectivity index (χ0n) is 9.33. The molecule has 1 unspecified atom stereocenters. The average Bonchev–Trinajstić information content (AvgIpc) is 2.21. The van der Waals surface area contributed by atoms with Crippen LogP contribution in [0.25, 0.3) is 0 Å². The number of anilines is 1. The number of alkyl halides is 1. The van der Waals surface area contributed by atoms with Crippen LogP contribution in [-0.2, 0) is 4.79 Å². The van der Waals surface area contributed by atoms with Gasteiger partial charge >= 0.3 is 0 Å². The van der Waals surface area contributed by atoms with Gasteiger partial charge < -0.3 is 4.90 Å². The standard InChI is InChI=1S/C12H16BrNO/c1-4-14(12(15)10(3)13)11-8-6-5-7-9(11)2/h5-8,10H,4H2,1-3H3. The molecule has 0 aliphatic heterocycles. The molecule has 2 nitrogen and oxygen atoms in total. The molecule has 0 spiro atoms. The number of carbonyl (C=O) groups is 1. The maximum absolute atomic E-state index is 11.9. The molecule has 82 valence electrons. The van der Waals surface area contributed by atoms with Crippen LogP contribution in [0.15, 0.2) is 24.3 Å². The summed E-state index contributed by atoms with van der Waals surface area (Å²) in [7, 11) is 0. The molecule has 0 N–H and O–H groups in total. The van der Waals surface area contributed by atoms with Crippen molar-refractivity contribution in [2.45, 2.75) is 25.6 Å². The van der Waals surface area contributed by atoms with Gasteiger partial charge in [0.2, 0.25) is 5.91 Å². The summed E-state index contributed by atoms with van der Waals surface area (Å²) in [5.41, 5.74) is 2.12. The zero-order chi connectivity index (χ0) is 11.4. The molecular weight excluding hydrogens is 254 g/mol. The number of benzene rings is 1. The molecule has 0 aliphatic rings. The summed E-state index contributed by atoms with van der Waals surface area (Å²) in [5, 5.41) is 0. The van der Waals surface area contributed by atoms with Gasteiger partial charge in [0.1, 0.15) is 0 Å². The van der Waals surface area contributed by atoms with Crippen LogP contribution in [0.3, 0.4) is 0 Å². The predicted octanol–water partition coefficient (Wildman–Crippen LogP) is 3.13. The molecule has 3 heteroatoms. The van der Waals surface area contributed by atoms with E-state index < -0.39 is 0 Å². The van der Waals surface area contributed by atoms with Crippen LogP contribution in [0, 0.1) is 6.92 Å². The summed E-state index contributed by atoms with van der Waals surface area (Å²) < 4.78 is 0. The molecule has 0 aliphatic carbocycles. The second kappa shape index (κ2) is 5.31. The smallest absolute Gasteiger partial charge is 0.240 e. The van der Waals surface area contributed by atoms with Crippen LogP contribution in [0.2, 0.25) is 0 Å². The van der Waals surface area contributed by atoms with Gasteiger partial charge in [-0.25, -0.2) is 0 Å². The molecule has 1 aromatic carbocycles. The number of nitrogens with zero attached hydrogens (tertiary/aromatic N) is 1. The van der Waals surface area contributed by atoms with Gasteiger partial charge in [0, 0.05) is 12.2 Å². The van der Waals surface area contributed by atoms with Crippen molar-refractivity contribution in [3.05, 3.63) is 29.8 Å². The first-order valence-corrected chi connectivity index (χ1v) is 6.00. The Morgan fingerprint density at radius 3 is 2.53 bits per heavy atom. The molecule has 0 aromatic heterocycles. The Morgan fingerprint density at radius 2 is 2.07 bits per heavy atom. The van der Waals surface area contributed by atoms with Gasteiger partial charge in [0.25, 0.3) is 0 Å². The second-order valence-electron chi connectivity index (χ2n) is 3.48. The van der Waals surface area contributed by atoms with Gasteiger partial charge in [-0.05, 0) is 32.4 Å². The third-order valence-electron chi connectivity index (χ3n) is 2.33. The Morgan fingerprint density at radius 1 is 1.47 bits per heavy atom. The highest BCUT2D eigenvalue weighted by Gasteiger charge is 2.19. The number of para-hydroxylation sites is 1. The van der Waals surface area contributed by atoms with E-state index >= 15 is 0 Å². The van der Waals surface area contributed by atoms with E-state index in [2.05, 4.69) is 15.9 Å². The van der Waals surface area contributed by atoms with E-state index in [1.807, 2.05) is 45.0 Å². The number of amides is 1. The first-order chi connectivity index (χ1) is 7.07. The van der Waals surface area contributed by atoms with Crippen molar-refractivity contribution in [2.24, 2.45) is 0 Å². The predicted molar refractivity (Wildman–Crippen MR) is 67.6 cm³/mol. The topological polar surface area (TPSA) is 20.3 Å². The summed E-state index contributed by atoms with van der Waals surface area (Å²) in [6, 6.07) is 7.93. The normalized spacial score (nSPS) is 12.3. The van der Waals surface area contributed by atoms with Gasteiger partial charge in [0.15, 0.2) is 0 Å². The van der Waals surface area contributed by atoms with E-state index in [9.17, 15) is 4.79 Å². The first-order valence-electron chi connectivity index (χ1n) is 5.09. The minimum absolute atomic E-state index is 0.104. The lowest BCUT2D eigenvalue weighted by Gasteiger charge is -2.24. The summed E-state index contributed by atoms with van der Waals surface area (Å²) in [6.07, 6.45) is 0. The van der Waals surface area contributed by atoms with Gasteiger partial charge in [0.05, 0.1) is 4.83 Å². The van der Waals surface area contributed by atoms with Gasteiger partial charge in [-0.15, -0.1) is 0 Å². The van der Waals surface area contributed by atoms with E-state index in [1.165, 1.54) is 0 Å². The first kappa shape index (κ1) is 12.2. The Balaban J connectivity index is 3.03. The van der Waals surface area contributed by atoms with Crippen molar-refractivity contribution in [1.29, 1.82) is 0 Å². The number of carbonyl (C=O) groups excluding carboxylic acids is 1. The lowest BCUT2D eigenvalue weighted by molar-refractivity contribution is -0.117. The van der Waals surface area contributed by atoms with E-state index in [4.69, 9.17) is 0 Å². The van der Waals surface area contributed by atoms with Gasteiger partial charge in [-0.3, -0.25) is 4.79 Å². The van der Waals surface area contributed by atoms with E-state index in [1.54, 1.807) is 4.90 Å². The molecule has 1 atom stereocenters. The van der Waals surface area contributed by atoms with E-state index in [0.29, 0.717) is 6.54 Å². The van der Waals surface area contributed by atoms with E-state index in [0.717, 1.165) is 11.3 Å². The van der Waals surface area contributed by atoms with Crippen molar-refractivity contribution in [3.8, 4) is 0 Å². The summed E-state index contributed by atoms with van der Waals surface area (Å²) in [6.45, 7) is 6.55. The van der Waals surface area contributed by atoms with Crippen LogP contribution in [0.1, 0.15) is 19.4 Å². The number of hydrogen-bond donors (Lipinski definition) is 0. The molecule has 0 bridgehead atoms. The molecule has 1 rings (SSSR count). The lowest BCUT2D eigenvalue weighted by atomic mass is 10.1. The third kappa shape index (κ3) is 2.81. The molecular formula is C12H16BrNO. The average molecular weight is 270 g/mol. The highest BCUT2D eigenvalue weighted by Crippen LogP contribution is 2.21. The molecule has 15 heavy (non-hydrogen) atoms. The van der Waals surface area contributed by atoms with Crippen LogP contribution in [-0.4, -0.2) is 17.3 Å². The van der Waals surface area contributed by atoms with Crippen LogP contribution >= 0.6 is 15.9 Å². The molecule has 0 saturated carbocycles. The fourth-order valence-corrected chi connectivity index (χ4v) is 1.77. The Labute approximate surface area is 99.4 Å². The molecule has 1 amide bonds. The number of rotatable bonds is 3. The molecule has 0 radical (unpaired) electrons. The minimum Gasteiger partial charge on any atom is -0.311 e. The van der Waals surface area contributed by atoms with Crippen molar-refractivity contribution < 1.29 is 4.79 Å². The van der Waals surface area contributed by atoms with Crippen LogP contribution in [0.5, 0.6) is 0 Å². The second-order valence-corrected chi connectivity index (χ2v) is 4.86. The molecule has 0 heterocycles. The van der Waals surface area contributed by atoms with Crippen LogP contribution in [0.4, 0.5) is 5.69 Å². The SMILES string of the molecule is CCN(C(=O)C(C)Br)c1ccccc1C. The quantitative estimate of drug-likeness (QED) is 0.773. The highest BCUT2D eigenvalue weighted by molar-refractivity contribution is 9.10. The minimum atomic E-state index is -0.142. The van der Waals surface area contributed by atoms with Crippen LogP contribution < -0.4 is 4.90 Å². The van der Waals surface area contributed by atoms with Gasteiger partial charge in [-0.2, -0.15) is 0 Å². The fraction of sp³-hybridized carbons (Fsp3) is 0.417. The Kier molecular flexibility index (Phi) is 4.33. The Bertz CT molecular complexity index is 349. The zero-order valence-corrected chi connectivity index (χ0v) is 10.9. The van der Waals surface area contributed by atoms with Crippen molar-refractivity contribution in [3.63, 3.8) is 0 Å². The van der Waals surface area contributed by atoms with Crippen molar-refractivity contribution in [2.75, 3.05) is 11.4 Å². The highest BCUT2D eigenvalue weighted by atomic mass is 79.9. The Hall–Kier alpha value is -0.830. The summed E-state index contributed by atoms with van der Waals surface area (Å²) >= 11 is 3.31.